The molecule has 0 spiro atoms. The molecule has 2 heterocycles. The van der Waals surface area contributed by atoms with Crippen LogP contribution in [0.5, 0.6) is 0 Å². The lowest BCUT2D eigenvalue weighted by atomic mass is 10.1. The molecule has 0 radical (unpaired) electrons. The zero-order valence-corrected chi connectivity index (χ0v) is 14.6. The van der Waals surface area contributed by atoms with Crippen LogP contribution in [0.1, 0.15) is 48.3 Å². The topological polar surface area (TPSA) is 62.5 Å². The molecule has 6 heteroatoms. The minimum absolute atomic E-state index is 0.105. The molecule has 0 atom stereocenters. The van der Waals surface area contributed by atoms with Crippen molar-refractivity contribution in [2.45, 2.75) is 32.1 Å². The van der Waals surface area contributed by atoms with E-state index in [1.54, 1.807) is 0 Å². The summed E-state index contributed by atoms with van der Waals surface area (Å²) in [6.07, 6.45) is 3.33. The van der Waals surface area contributed by atoms with Gasteiger partial charge in [0.25, 0.3) is 11.8 Å². The van der Waals surface area contributed by atoms with E-state index in [0.29, 0.717) is 11.8 Å². The Balaban J connectivity index is 1.44. The second-order valence-electron chi connectivity index (χ2n) is 6.89. The van der Waals surface area contributed by atoms with Crippen LogP contribution < -0.4 is 0 Å². The first-order chi connectivity index (χ1) is 12.2. The molecular formula is C19H24N4O2. The van der Waals surface area contributed by atoms with Crippen molar-refractivity contribution in [3.63, 3.8) is 0 Å². The summed E-state index contributed by atoms with van der Waals surface area (Å²) in [5, 5.41) is 4.05. The highest BCUT2D eigenvalue weighted by Crippen LogP contribution is 2.38. The first kappa shape index (κ1) is 16.3. The number of benzene rings is 1. The Bertz CT molecular complexity index is 736. The summed E-state index contributed by atoms with van der Waals surface area (Å²) in [6.45, 7) is 6.85. The summed E-state index contributed by atoms with van der Waals surface area (Å²) in [4.78, 5) is 21.6. The highest BCUT2D eigenvalue weighted by Gasteiger charge is 2.29. The minimum Gasteiger partial charge on any atom is -0.337 e. The third-order valence-corrected chi connectivity index (χ3v) is 5.09. The van der Waals surface area contributed by atoms with Crippen LogP contribution in [0.25, 0.3) is 11.5 Å². The minimum atomic E-state index is 0.105. The van der Waals surface area contributed by atoms with Gasteiger partial charge in [-0.1, -0.05) is 12.1 Å². The maximum atomic E-state index is 12.8. The molecule has 2 aromatic rings. The van der Waals surface area contributed by atoms with Crippen LogP contribution in [-0.4, -0.2) is 58.6 Å². The van der Waals surface area contributed by atoms with Gasteiger partial charge in [0.1, 0.15) is 0 Å². The van der Waals surface area contributed by atoms with Crippen molar-refractivity contribution in [1.29, 1.82) is 0 Å². The fourth-order valence-electron chi connectivity index (χ4n) is 3.29. The molecule has 6 nitrogen and oxygen atoms in total. The van der Waals surface area contributed by atoms with Crippen LogP contribution in [0.3, 0.4) is 0 Å². The van der Waals surface area contributed by atoms with Crippen LogP contribution in [0.4, 0.5) is 0 Å². The molecule has 2 fully saturated rings. The predicted octanol–water partition coefficient (Wildman–Crippen LogP) is 2.78. The highest BCUT2D eigenvalue weighted by atomic mass is 16.5. The molecule has 1 saturated carbocycles. The largest absolute Gasteiger partial charge is 0.337 e. The second-order valence-corrected chi connectivity index (χ2v) is 6.89. The van der Waals surface area contributed by atoms with E-state index in [0.717, 1.165) is 68.9 Å². The van der Waals surface area contributed by atoms with Gasteiger partial charge in [0, 0.05) is 36.7 Å². The zero-order chi connectivity index (χ0) is 17.2. The van der Waals surface area contributed by atoms with Crippen LogP contribution in [0.2, 0.25) is 0 Å². The van der Waals surface area contributed by atoms with E-state index in [1.807, 2.05) is 29.2 Å². The van der Waals surface area contributed by atoms with E-state index in [1.165, 1.54) is 0 Å². The lowest BCUT2D eigenvalue weighted by Crippen LogP contribution is -2.35. The molecule has 132 valence electrons. The van der Waals surface area contributed by atoms with E-state index in [9.17, 15) is 4.79 Å². The number of likely N-dealkylation sites (N-methyl/N-ethyl adjacent to an activating group) is 1. The fraction of sp³-hybridized carbons (Fsp3) is 0.526. The van der Waals surface area contributed by atoms with Gasteiger partial charge >= 0.3 is 0 Å². The van der Waals surface area contributed by atoms with Gasteiger partial charge in [-0.15, -0.1) is 0 Å². The Morgan fingerprint density at radius 3 is 2.68 bits per heavy atom. The summed E-state index contributed by atoms with van der Waals surface area (Å²) in [5.41, 5.74) is 1.58. The molecular weight excluding hydrogens is 316 g/mol. The van der Waals surface area contributed by atoms with Gasteiger partial charge < -0.3 is 14.3 Å². The first-order valence-electron chi connectivity index (χ1n) is 9.20. The van der Waals surface area contributed by atoms with Gasteiger partial charge in [0.05, 0.1) is 0 Å². The van der Waals surface area contributed by atoms with Crippen molar-refractivity contribution < 1.29 is 9.32 Å². The van der Waals surface area contributed by atoms with E-state index >= 15 is 0 Å². The Morgan fingerprint density at radius 1 is 1.16 bits per heavy atom. The standard InChI is InChI=1S/C19H24N4O2/c1-2-22-10-3-11-23(13-12-22)19(24)16-8-6-15(7-9-16)18-20-17(21-25-18)14-4-5-14/h6-9,14H,2-5,10-13H2,1H3. The van der Waals surface area contributed by atoms with Crippen molar-refractivity contribution in [2.75, 3.05) is 32.7 Å². The molecule has 25 heavy (non-hydrogen) atoms. The molecule has 1 amide bonds. The molecule has 2 aliphatic rings. The molecule has 0 unspecified atom stereocenters. The Kier molecular flexibility index (Phi) is 4.53. The van der Waals surface area contributed by atoms with Crippen LogP contribution in [0.15, 0.2) is 28.8 Å². The van der Waals surface area contributed by atoms with Crippen molar-refractivity contribution in [3.8, 4) is 11.5 Å². The Hall–Kier alpha value is -2.21. The summed E-state index contributed by atoms with van der Waals surface area (Å²) < 4.78 is 5.35. The van der Waals surface area contributed by atoms with Crippen LogP contribution in [-0.2, 0) is 0 Å². The maximum Gasteiger partial charge on any atom is 0.257 e. The van der Waals surface area contributed by atoms with Gasteiger partial charge in [-0.05, 0) is 56.6 Å². The number of nitrogens with zero attached hydrogens (tertiary/aromatic N) is 4. The first-order valence-corrected chi connectivity index (χ1v) is 9.20. The van der Waals surface area contributed by atoms with Gasteiger partial charge in [0.2, 0.25) is 0 Å². The predicted molar refractivity (Wildman–Crippen MR) is 94.3 cm³/mol. The molecule has 0 bridgehead atoms. The quantitative estimate of drug-likeness (QED) is 0.856. The van der Waals surface area contributed by atoms with E-state index in [4.69, 9.17) is 4.52 Å². The fourth-order valence-corrected chi connectivity index (χ4v) is 3.29. The smallest absolute Gasteiger partial charge is 0.257 e. The molecule has 1 aromatic heterocycles. The number of amides is 1. The van der Waals surface area contributed by atoms with E-state index < -0.39 is 0 Å². The van der Waals surface area contributed by atoms with E-state index in [2.05, 4.69) is 22.0 Å². The third-order valence-electron chi connectivity index (χ3n) is 5.09. The van der Waals surface area contributed by atoms with Crippen molar-refractivity contribution >= 4 is 5.91 Å². The molecule has 1 aliphatic carbocycles. The van der Waals surface area contributed by atoms with Crippen molar-refractivity contribution in [2.24, 2.45) is 0 Å². The summed E-state index contributed by atoms with van der Waals surface area (Å²) in [7, 11) is 0. The summed E-state index contributed by atoms with van der Waals surface area (Å²) in [5.74, 6) is 1.92. The Morgan fingerprint density at radius 2 is 1.96 bits per heavy atom. The third kappa shape index (κ3) is 3.58. The monoisotopic (exact) mass is 340 g/mol. The Labute approximate surface area is 147 Å². The second kappa shape index (κ2) is 6.96. The SMILES string of the molecule is CCN1CCCN(C(=O)c2ccc(-c3nc(C4CC4)no3)cc2)CC1. The number of carbonyl (C=O) groups is 1. The lowest BCUT2D eigenvalue weighted by Gasteiger charge is -2.21. The average molecular weight is 340 g/mol. The molecule has 4 rings (SSSR count). The molecule has 1 saturated heterocycles. The van der Waals surface area contributed by atoms with Crippen molar-refractivity contribution in [1.82, 2.24) is 19.9 Å². The van der Waals surface area contributed by atoms with Gasteiger partial charge in [-0.25, -0.2) is 0 Å². The van der Waals surface area contributed by atoms with Crippen molar-refractivity contribution in [3.05, 3.63) is 35.7 Å². The number of carbonyl (C=O) groups excluding carboxylic acids is 1. The normalized spacial score (nSPS) is 19.0. The number of hydrogen-bond acceptors (Lipinski definition) is 5. The number of aromatic nitrogens is 2. The zero-order valence-electron chi connectivity index (χ0n) is 14.6. The van der Waals surface area contributed by atoms with Crippen LogP contribution >= 0.6 is 0 Å². The molecule has 1 aromatic carbocycles. The van der Waals surface area contributed by atoms with Gasteiger partial charge in [-0.3, -0.25) is 4.79 Å². The summed E-state index contributed by atoms with van der Waals surface area (Å²) in [6, 6.07) is 7.52. The molecule has 1 aliphatic heterocycles. The van der Waals surface area contributed by atoms with Gasteiger partial charge in [-0.2, -0.15) is 4.98 Å². The number of hydrogen-bond donors (Lipinski definition) is 0. The lowest BCUT2D eigenvalue weighted by molar-refractivity contribution is 0.0762. The summed E-state index contributed by atoms with van der Waals surface area (Å²) >= 11 is 0. The maximum absolute atomic E-state index is 12.8. The van der Waals surface area contributed by atoms with Crippen LogP contribution in [0, 0.1) is 0 Å². The average Bonchev–Trinajstić information content (AvgIpc) is 3.43. The van der Waals surface area contributed by atoms with Gasteiger partial charge in [0.15, 0.2) is 5.82 Å². The van der Waals surface area contributed by atoms with E-state index in [-0.39, 0.29) is 5.91 Å². The highest BCUT2D eigenvalue weighted by molar-refractivity contribution is 5.94. The number of rotatable bonds is 4. The molecule has 0 N–H and O–H groups in total.